The van der Waals surface area contributed by atoms with Crippen LogP contribution in [0.15, 0.2) is 46.6 Å². The van der Waals surface area contributed by atoms with Gasteiger partial charge in [0.25, 0.3) is 0 Å². The molecule has 6 saturated carbocycles. The second kappa shape index (κ2) is 36.9. The highest BCUT2D eigenvalue weighted by atomic mass is 16.6. The lowest BCUT2D eigenvalue weighted by molar-refractivity contribution is -0.116. The quantitative estimate of drug-likeness (QED) is 0.0205. The largest absolute Gasteiger partial charge is 0.493 e. The lowest BCUT2D eigenvalue weighted by atomic mass is 9.47. The Morgan fingerprint density at radius 1 is 0.440 bits per heavy atom. The predicted molar refractivity (Wildman–Crippen MR) is 405 cm³/mol. The molecule has 6 fully saturated rings. The maximum Gasteiger partial charge on any atom is 0.342 e. The van der Waals surface area contributed by atoms with Crippen molar-refractivity contribution in [1.82, 2.24) is 0 Å². The molecule has 0 radical (unpaired) electrons. The second-order valence-electron chi connectivity index (χ2n) is 36.1. The van der Waals surface area contributed by atoms with Gasteiger partial charge in [-0.05, 0) is 234 Å². The topological polar surface area (TPSA) is 139 Å². The van der Waals surface area contributed by atoms with Crippen LogP contribution in [0.4, 0.5) is 0 Å². The highest BCUT2D eigenvalue weighted by Gasteiger charge is 2.61. The first-order valence-electron chi connectivity index (χ1n) is 41.7. The summed E-state index contributed by atoms with van der Waals surface area (Å²) in [5, 5.41) is 0. The van der Waals surface area contributed by atoms with Gasteiger partial charge >= 0.3 is 11.9 Å². The summed E-state index contributed by atoms with van der Waals surface area (Å²) in [5.74, 6) is 12.1. The van der Waals surface area contributed by atoms with Crippen LogP contribution < -0.4 is 9.47 Å². The second-order valence-corrected chi connectivity index (χ2v) is 36.1. The van der Waals surface area contributed by atoms with Crippen LogP contribution in [0.5, 0.6) is 11.5 Å². The normalized spacial score (nSPS) is 30.9. The molecule has 0 aliphatic heterocycles. The van der Waals surface area contributed by atoms with Gasteiger partial charge in [-0.3, -0.25) is 9.59 Å². The van der Waals surface area contributed by atoms with Crippen molar-refractivity contribution in [3.05, 3.63) is 57.7 Å². The molecule has 0 saturated heterocycles. The van der Waals surface area contributed by atoms with Gasteiger partial charge in [0.15, 0.2) is 11.6 Å². The number of hydrogen-bond donors (Lipinski definition) is 0. The van der Waals surface area contributed by atoms with E-state index in [1.807, 2.05) is 0 Å². The van der Waals surface area contributed by atoms with Crippen LogP contribution in [0, 0.1) is 92.7 Å². The summed E-state index contributed by atoms with van der Waals surface area (Å²) in [5.41, 5.74) is 4.96. The number of allylic oxidation sites excluding steroid dienone is 4. The standard InChI is InChI=1S/C90H138O10/c1-61(2)31-29-33-63(5)75-41-43-77-71-39-37-67-55-69(45-49-87(67,9)79(71)47-51-89(75,77)11)99-85(95)73-57-84(98-54-28-24-20-16-14-18-22-26-36-82(94)66(8)60-92)74(58-83(73)97-53-27-23-19-15-13-17-21-25-35-81(93)65(7)59-91)86(96)100-70-46-50-88(10)68(56-70)38-40-72-78-44-42-76(64(6)34-30-32-62(3)4)90(78,12)52-48-80(72)88/h37-38,57-58,61-64,69-72,75-80H,13-36,39-56H2,1-12H3/t63-,64-,69?,70?,71?,72?,75-,76-,77?,78?,79?,80?,87+,88+,89-,90-/m1/s1. The first-order valence-corrected chi connectivity index (χ1v) is 41.7. The van der Waals surface area contributed by atoms with Gasteiger partial charge in [-0.25, -0.2) is 19.2 Å². The Labute approximate surface area is 607 Å². The number of rotatable bonds is 40. The fourth-order valence-electron chi connectivity index (χ4n) is 22.8. The van der Waals surface area contributed by atoms with Crippen LogP contribution in [0.2, 0.25) is 0 Å². The average Bonchev–Trinajstić information content (AvgIpc) is 1.39. The van der Waals surface area contributed by atoms with E-state index in [0.29, 0.717) is 83.2 Å². The molecule has 0 spiro atoms. The number of unbranched alkanes of at least 4 members (excludes halogenated alkanes) is 14. The fourth-order valence-corrected chi connectivity index (χ4v) is 22.8. The Bertz CT molecular complexity index is 2860. The number of Topliss-reactive ketones (excluding diaryl/α,β-unsaturated/α-hetero) is 2. The average molecular weight is 1380 g/mol. The number of carbonyl (C=O) groups is 4. The van der Waals surface area contributed by atoms with E-state index < -0.39 is 11.9 Å². The van der Waals surface area contributed by atoms with Gasteiger partial charge in [0.05, 0.1) is 24.4 Å². The molecule has 8 aliphatic carbocycles. The van der Waals surface area contributed by atoms with Crippen LogP contribution >= 0.6 is 0 Å². The van der Waals surface area contributed by atoms with Gasteiger partial charge in [0, 0.05) is 25.7 Å². The Hall–Kier alpha value is -4.52. The molecule has 0 N–H and O–H groups in total. The van der Waals surface area contributed by atoms with Crippen molar-refractivity contribution in [2.75, 3.05) is 13.2 Å². The number of carbonyl (C=O) groups excluding carboxylic acids is 6. The van der Waals surface area contributed by atoms with E-state index in [2.05, 4.69) is 81.4 Å². The number of ether oxygens (including phenoxy) is 4. The predicted octanol–water partition coefficient (Wildman–Crippen LogP) is 23.3. The number of ketones is 2. The maximum atomic E-state index is 15.2. The van der Waals surface area contributed by atoms with Gasteiger partial charge in [-0.15, -0.1) is 0 Å². The molecule has 0 heterocycles. The van der Waals surface area contributed by atoms with E-state index in [-0.39, 0.29) is 45.8 Å². The molecule has 8 unspecified atom stereocenters. The van der Waals surface area contributed by atoms with Gasteiger partial charge in [-0.1, -0.05) is 208 Å². The minimum atomic E-state index is -0.434. The van der Waals surface area contributed by atoms with Gasteiger partial charge < -0.3 is 18.9 Å². The van der Waals surface area contributed by atoms with E-state index in [0.717, 1.165) is 201 Å². The van der Waals surface area contributed by atoms with Crippen molar-refractivity contribution < 1.29 is 47.7 Å². The molecule has 0 bridgehead atoms. The third-order valence-corrected chi connectivity index (χ3v) is 28.8. The molecule has 100 heavy (non-hydrogen) atoms. The maximum absolute atomic E-state index is 15.2. The van der Waals surface area contributed by atoms with E-state index in [1.54, 1.807) is 37.9 Å². The molecule has 558 valence electrons. The molecule has 8 aliphatic rings. The number of esters is 2. The van der Waals surface area contributed by atoms with Crippen molar-refractivity contribution in [3.8, 4) is 11.5 Å². The van der Waals surface area contributed by atoms with Crippen molar-refractivity contribution in [1.29, 1.82) is 0 Å². The summed E-state index contributed by atoms with van der Waals surface area (Å²) >= 11 is 0. The third kappa shape index (κ3) is 19.3. The van der Waals surface area contributed by atoms with E-state index in [9.17, 15) is 19.2 Å². The van der Waals surface area contributed by atoms with Crippen molar-refractivity contribution in [3.63, 3.8) is 0 Å². The monoisotopic (exact) mass is 1380 g/mol. The van der Waals surface area contributed by atoms with E-state index in [1.165, 1.54) is 101 Å². The smallest absolute Gasteiger partial charge is 0.342 e. The molecule has 10 heteroatoms. The molecule has 10 nitrogen and oxygen atoms in total. The lowest BCUT2D eigenvalue weighted by Gasteiger charge is -2.58. The minimum absolute atomic E-state index is 0.104. The number of fused-ring (bicyclic) bond motifs is 10. The SMILES string of the molecule is CC(=C=O)C(=O)CCCCCCCCCCOc1cc(C(=O)OC2CC[C@@]3(C)C(=CCC4C3CC[C@@]3(C)C4CC[C@@H]3[C@H](C)CCCC(C)C)C2)c(OCCCCCCCCCCC(=O)C(C)=C=O)cc1C(=O)OC1CC[C@@]2(C)C(=CCC3C2CC[C@@]2(C)C3CC[C@@H]2[C@H](C)CCCC(C)C)C1. The molecule has 16 atom stereocenters. The van der Waals surface area contributed by atoms with Crippen LogP contribution in [-0.4, -0.2) is 60.8 Å². The highest BCUT2D eigenvalue weighted by Crippen LogP contribution is 2.69. The van der Waals surface area contributed by atoms with Gasteiger partial charge in [0.1, 0.15) is 46.7 Å². The first-order chi connectivity index (χ1) is 47.9. The fraction of sp³-hybridized carbons (Fsp3) is 0.800. The zero-order chi connectivity index (χ0) is 71.8. The Balaban J connectivity index is 0.894. The zero-order valence-corrected chi connectivity index (χ0v) is 65.2. The van der Waals surface area contributed by atoms with Crippen LogP contribution in [0.25, 0.3) is 0 Å². The Kier molecular flexibility index (Phi) is 29.4. The van der Waals surface area contributed by atoms with Crippen LogP contribution in [0.1, 0.15) is 361 Å². The van der Waals surface area contributed by atoms with E-state index >= 15 is 9.59 Å². The van der Waals surface area contributed by atoms with Crippen molar-refractivity contribution in [2.45, 2.75) is 352 Å². The Morgan fingerprint density at radius 3 is 1.16 bits per heavy atom. The lowest BCUT2D eigenvalue weighted by Crippen LogP contribution is -2.51. The number of hydrogen-bond acceptors (Lipinski definition) is 10. The first kappa shape index (κ1) is 79.6. The molecular weight excluding hydrogens is 1240 g/mol. The molecule has 9 rings (SSSR count). The summed E-state index contributed by atoms with van der Waals surface area (Å²) in [6.07, 6.45) is 47.0. The van der Waals surface area contributed by atoms with Gasteiger partial charge in [-0.2, -0.15) is 0 Å². The summed E-state index contributed by atoms with van der Waals surface area (Å²) in [4.78, 5) is 76.4. The Morgan fingerprint density at radius 2 is 0.800 bits per heavy atom. The summed E-state index contributed by atoms with van der Waals surface area (Å²) in [6.45, 7) is 28.9. The third-order valence-electron chi connectivity index (χ3n) is 28.8. The van der Waals surface area contributed by atoms with Crippen LogP contribution in [-0.2, 0) is 28.7 Å². The summed E-state index contributed by atoms with van der Waals surface area (Å²) < 4.78 is 26.9. The highest BCUT2D eigenvalue weighted by molar-refractivity contribution is 6.02. The van der Waals surface area contributed by atoms with Crippen molar-refractivity contribution in [2.24, 2.45) is 92.7 Å². The summed E-state index contributed by atoms with van der Waals surface area (Å²) in [7, 11) is 0. The van der Waals surface area contributed by atoms with Crippen LogP contribution in [0.3, 0.4) is 0 Å². The molecule has 0 aromatic heterocycles. The molecule has 1 aromatic carbocycles. The van der Waals surface area contributed by atoms with Crippen molar-refractivity contribution >= 4 is 35.4 Å². The molecule has 0 amide bonds. The zero-order valence-electron chi connectivity index (χ0n) is 65.2. The minimum Gasteiger partial charge on any atom is -0.493 e. The number of benzene rings is 1. The molecular formula is C90H138O10. The summed E-state index contributed by atoms with van der Waals surface area (Å²) in [6, 6.07) is 3.48. The van der Waals surface area contributed by atoms with E-state index in [4.69, 9.17) is 18.9 Å². The molecule has 1 aromatic rings. The van der Waals surface area contributed by atoms with Gasteiger partial charge in [0.2, 0.25) is 0 Å².